The molecule has 0 N–H and O–H groups in total. The number of carbonyl (C=O) groups is 1. The summed E-state index contributed by atoms with van der Waals surface area (Å²) in [5, 5.41) is 13.9. The van der Waals surface area contributed by atoms with Crippen LogP contribution in [0.25, 0.3) is 0 Å². The maximum atomic E-state index is 13.1. The third kappa shape index (κ3) is 3.61. The van der Waals surface area contributed by atoms with Crippen LogP contribution in [0.15, 0.2) is 66.0 Å². The maximum absolute atomic E-state index is 13.1. The van der Waals surface area contributed by atoms with Crippen molar-refractivity contribution in [3.63, 3.8) is 0 Å². The van der Waals surface area contributed by atoms with Crippen molar-refractivity contribution in [2.45, 2.75) is 13.0 Å². The Kier molecular flexibility index (Phi) is 5.08. The Hall–Kier alpha value is -3.19. The van der Waals surface area contributed by atoms with E-state index in [4.69, 9.17) is 0 Å². The highest BCUT2D eigenvalue weighted by Gasteiger charge is 2.27. The molecule has 2 aromatic carbocycles. The van der Waals surface area contributed by atoms with E-state index in [1.165, 1.54) is 29.8 Å². The van der Waals surface area contributed by atoms with Gasteiger partial charge >= 0.3 is 0 Å². The van der Waals surface area contributed by atoms with Gasteiger partial charge in [0.2, 0.25) is 0 Å². The van der Waals surface area contributed by atoms with Crippen LogP contribution >= 0.6 is 11.3 Å². The molecule has 1 aromatic heterocycles. The van der Waals surface area contributed by atoms with Crippen molar-refractivity contribution in [1.82, 2.24) is 0 Å². The molecule has 1 aliphatic rings. The van der Waals surface area contributed by atoms with E-state index >= 15 is 0 Å². The van der Waals surface area contributed by atoms with E-state index in [9.17, 15) is 14.9 Å². The molecular weight excluding hydrogens is 374 g/mol. The van der Waals surface area contributed by atoms with E-state index in [1.54, 1.807) is 16.2 Å². The van der Waals surface area contributed by atoms with Gasteiger partial charge in [-0.1, -0.05) is 30.3 Å². The summed E-state index contributed by atoms with van der Waals surface area (Å²) in [7, 11) is 0. The lowest BCUT2D eigenvalue weighted by atomic mass is 10.1. The molecule has 0 spiro atoms. The molecule has 4 rings (SSSR count). The number of non-ortho nitro benzene ring substituents is 1. The average molecular weight is 393 g/mol. The van der Waals surface area contributed by atoms with Gasteiger partial charge in [-0.05, 0) is 35.6 Å². The first kappa shape index (κ1) is 18.2. The Morgan fingerprint density at radius 1 is 1.04 bits per heavy atom. The number of anilines is 2. The number of nitro groups is 1. The number of amides is 1. The van der Waals surface area contributed by atoms with Crippen molar-refractivity contribution in [3.05, 3.63) is 87.3 Å². The van der Waals surface area contributed by atoms with Crippen LogP contribution in [-0.4, -0.2) is 23.9 Å². The molecule has 0 atom stereocenters. The molecule has 3 aromatic rings. The monoisotopic (exact) mass is 393 g/mol. The zero-order chi connectivity index (χ0) is 19.5. The molecule has 7 heteroatoms. The highest BCUT2D eigenvalue weighted by molar-refractivity contribution is 7.15. The molecule has 0 fully saturated rings. The Balaban J connectivity index is 1.60. The predicted molar refractivity (Wildman–Crippen MR) is 111 cm³/mol. The molecule has 142 valence electrons. The lowest BCUT2D eigenvalue weighted by molar-refractivity contribution is -0.384. The van der Waals surface area contributed by atoms with Crippen LogP contribution in [0.4, 0.5) is 16.4 Å². The van der Waals surface area contributed by atoms with Gasteiger partial charge < -0.3 is 9.80 Å². The van der Waals surface area contributed by atoms with E-state index in [2.05, 4.69) is 17.0 Å². The first-order valence-electron chi connectivity index (χ1n) is 9.06. The fraction of sp³-hybridized carbons (Fsp3) is 0.190. The number of carbonyl (C=O) groups excluding carboxylic acids is 1. The second-order valence-electron chi connectivity index (χ2n) is 6.63. The SMILES string of the molecule is O=C(c1ccc([N+](=O)[O-])cc1)N1CCCN(Cc2ccccc2)c2sccc21. The summed E-state index contributed by atoms with van der Waals surface area (Å²) in [5.41, 5.74) is 2.58. The second-order valence-corrected chi connectivity index (χ2v) is 7.53. The molecule has 0 aliphatic carbocycles. The quantitative estimate of drug-likeness (QED) is 0.475. The van der Waals surface area contributed by atoms with Crippen LogP contribution in [0.2, 0.25) is 0 Å². The Bertz CT molecular complexity index is 986. The highest BCUT2D eigenvalue weighted by Crippen LogP contribution is 2.39. The van der Waals surface area contributed by atoms with Gasteiger partial charge in [0.05, 0.1) is 10.6 Å². The highest BCUT2D eigenvalue weighted by atomic mass is 32.1. The Morgan fingerprint density at radius 3 is 2.50 bits per heavy atom. The van der Waals surface area contributed by atoms with Gasteiger partial charge in [0, 0.05) is 37.3 Å². The summed E-state index contributed by atoms with van der Waals surface area (Å²) in [6.45, 7) is 2.28. The van der Waals surface area contributed by atoms with Crippen LogP contribution in [0.5, 0.6) is 0 Å². The minimum Gasteiger partial charge on any atom is -0.357 e. The molecule has 1 aliphatic heterocycles. The van der Waals surface area contributed by atoms with Crippen molar-refractivity contribution in [1.29, 1.82) is 0 Å². The molecule has 6 nitrogen and oxygen atoms in total. The maximum Gasteiger partial charge on any atom is 0.269 e. The van der Waals surface area contributed by atoms with Gasteiger partial charge in [-0.25, -0.2) is 0 Å². The number of fused-ring (bicyclic) bond motifs is 1. The molecular formula is C21H19N3O3S. The first-order chi connectivity index (χ1) is 13.6. The molecule has 0 bridgehead atoms. The largest absolute Gasteiger partial charge is 0.357 e. The van der Waals surface area contributed by atoms with Crippen molar-refractivity contribution in [2.75, 3.05) is 22.9 Å². The third-order valence-corrected chi connectivity index (χ3v) is 5.76. The number of nitrogens with zero attached hydrogens (tertiary/aromatic N) is 3. The predicted octanol–water partition coefficient (Wildman–Crippen LogP) is 4.71. The Morgan fingerprint density at radius 2 is 1.79 bits per heavy atom. The smallest absolute Gasteiger partial charge is 0.269 e. The van der Waals surface area contributed by atoms with Crippen LogP contribution in [-0.2, 0) is 6.54 Å². The number of benzene rings is 2. The number of thiophene rings is 1. The van der Waals surface area contributed by atoms with E-state index in [0.29, 0.717) is 12.1 Å². The summed E-state index contributed by atoms with van der Waals surface area (Å²) in [5.74, 6) is -0.129. The van der Waals surface area contributed by atoms with E-state index in [1.807, 2.05) is 29.6 Å². The Labute approximate surface area is 166 Å². The van der Waals surface area contributed by atoms with Gasteiger partial charge in [0.15, 0.2) is 0 Å². The lowest BCUT2D eigenvalue weighted by Crippen LogP contribution is -2.31. The fourth-order valence-electron chi connectivity index (χ4n) is 3.43. The van der Waals surface area contributed by atoms with Crippen molar-refractivity contribution in [3.8, 4) is 0 Å². The fourth-order valence-corrected chi connectivity index (χ4v) is 4.36. The van der Waals surface area contributed by atoms with E-state index < -0.39 is 4.92 Å². The normalized spacial score (nSPS) is 13.7. The van der Waals surface area contributed by atoms with Gasteiger partial charge in [0.1, 0.15) is 5.00 Å². The van der Waals surface area contributed by atoms with E-state index in [0.717, 1.165) is 30.2 Å². The van der Waals surface area contributed by atoms with Crippen molar-refractivity contribution < 1.29 is 9.72 Å². The molecule has 28 heavy (non-hydrogen) atoms. The van der Waals surface area contributed by atoms with Gasteiger partial charge in [-0.3, -0.25) is 14.9 Å². The van der Waals surface area contributed by atoms with Crippen LogP contribution < -0.4 is 9.80 Å². The number of rotatable bonds is 4. The van der Waals surface area contributed by atoms with Crippen LogP contribution in [0.3, 0.4) is 0 Å². The number of hydrogen-bond donors (Lipinski definition) is 0. The summed E-state index contributed by atoms with van der Waals surface area (Å²) in [6.07, 6.45) is 0.854. The standard InChI is InChI=1S/C21H19N3O3S/c25-20(17-7-9-18(10-8-17)24(26)27)23-13-4-12-22(21-19(23)11-14-28-21)15-16-5-2-1-3-6-16/h1-3,5-11,14H,4,12-13,15H2. The minimum absolute atomic E-state index is 0.0160. The van der Waals surface area contributed by atoms with Crippen molar-refractivity contribution in [2.24, 2.45) is 0 Å². The van der Waals surface area contributed by atoms with E-state index in [-0.39, 0.29) is 11.6 Å². The van der Waals surface area contributed by atoms with Gasteiger partial charge in [0.25, 0.3) is 11.6 Å². The zero-order valence-corrected chi connectivity index (χ0v) is 16.0. The number of hydrogen-bond acceptors (Lipinski definition) is 5. The summed E-state index contributed by atoms with van der Waals surface area (Å²) in [6, 6.07) is 18.1. The molecule has 0 saturated heterocycles. The molecule has 2 heterocycles. The molecule has 0 radical (unpaired) electrons. The molecule has 1 amide bonds. The second kappa shape index (κ2) is 7.82. The van der Waals surface area contributed by atoms with Gasteiger partial charge in [-0.15, -0.1) is 11.3 Å². The topological polar surface area (TPSA) is 66.7 Å². The van der Waals surface area contributed by atoms with Gasteiger partial charge in [-0.2, -0.15) is 0 Å². The summed E-state index contributed by atoms with van der Waals surface area (Å²) < 4.78 is 0. The zero-order valence-electron chi connectivity index (χ0n) is 15.2. The first-order valence-corrected chi connectivity index (χ1v) is 9.94. The van der Waals surface area contributed by atoms with Crippen molar-refractivity contribution >= 4 is 33.6 Å². The average Bonchev–Trinajstić information content (AvgIpc) is 3.14. The third-order valence-electron chi connectivity index (χ3n) is 4.80. The van der Waals surface area contributed by atoms with Crippen LogP contribution in [0, 0.1) is 10.1 Å². The minimum atomic E-state index is -0.460. The number of nitro benzene ring substituents is 1. The summed E-state index contributed by atoms with van der Waals surface area (Å²) in [4.78, 5) is 27.6. The molecule has 0 unspecified atom stereocenters. The van der Waals surface area contributed by atoms with Crippen LogP contribution in [0.1, 0.15) is 22.3 Å². The molecule has 0 saturated carbocycles. The lowest BCUT2D eigenvalue weighted by Gasteiger charge is -2.23. The summed E-state index contributed by atoms with van der Waals surface area (Å²) >= 11 is 1.63.